The minimum atomic E-state index is 0.0846. The Labute approximate surface area is 178 Å². The number of likely N-dealkylation sites (tertiary alicyclic amines) is 1. The van der Waals surface area contributed by atoms with Gasteiger partial charge in [-0.25, -0.2) is 4.98 Å². The normalized spacial score (nSPS) is 16.4. The Morgan fingerprint density at radius 1 is 1.17 bits per heavy atom. The Morgan fingerprint density at radius 3 is 2.80 bits per heavy atom. The number of carbonyl (C=O) groups is 1. The van der Waals surface area contributed by atoms with Gasteiger partial charge in [0.1, 0.15) is 11.6 Å². The summed E-state index contributed by atoms with van der Waals surface area (Å²) in [6, 6.07) is 14.7. The zero-order valence-corrected chi connectivity index (χ0v) is 18.2. The number of imidazole rings is 1. The summed E-state index contributed by atoms with van der Waals surface area (Å²) in [6.45, 7) is 8.27. The Hall–Kier alpha value is -2.82. The number of carbonyl (C=O) groups excluding carboxylic acids is 1. The van der Waals surface area contributed by atoms with Gasteiger partial charge in [0, 0.05) is 20.0 Å². The van der Waals surface area contributed by atoms with Crippen LogP contribution < -0.4 is 4.74 Å². The lowest BCUT2D eigenvalue weighted by Gasteiger charge is -2.24. The molecule has 30 heavy (non-hydrogen) atoms. The quantitative estimate of drug-likeness (QED) is 0.508. The van der Waals surface area contributed by atoms with Gasteiger partial charge >= 0.3 is 0 Å². The van der Waals surface area contributed by atoms with E-state index in [-0.39, 0.29) is 11.9 Å². The van der Waals surface area contributed by atoms with Crippen molar-refractivity contribution in [2.45, 2.75) is 59.0 Å². The van der Waals surface area contributed by atoms with E-state index in [9.17, 15) is 4.79 Å². The number of para-hydroxylation sites is 2. The van der Waals surface area contributed by atoms with Crippen LogP contribution in [0.25, 0.3) is 11.0 Å². The van der Waals surface area contributed by atoms with E-state index in [4.69, 9.17) is 9.72 Å². The number of aromatic nitrogens is 2. The lowest BCUT2D eigenvalue weighted by atomic mass is 10.1. The SMILES string of the molecule is CC(=O)N1CCC[C@@H]1c1nc2ccccc2n1CCCCOc1ccc(C)cc1C. The summed E-state index contributed by atoms with van der Waals surface area (Å²) < 4.78 is 8.32. The van der Waals surface area contributed by atoms with Crippen molar-refractivity contribution in [3.8, 4) is 5.75 Å². The molecule has 2 aromatic carbocycles. The van der Waals surface area contributed by atoms with Crippen LogP contribution in [-0.4, -0.2) is 33.5 Å². The van der Waals surface area contributed by atoms with Crippen LogP contribution in [0.2, 0.25) is 0 Å². The van der Waals surface area contributed by atoms with Gasteiger partial charge in [0.25, 0.3) is 0 Å². The van der Waals surface area contributed by atoms with E-state index in [0.717, 1.165) is 61.4 Å². The predicted octanol–water partition coefficient (Wildman–Crippen LogP) is 5.20. The van der Waals surface area contributed by atoms with E-state index in [1.54, 1.807) is 6.92 Å². The van der Waals surface area contributed by atoms with Crippen molar-refractivity contribution in [1.29, 1.82) is 0 Å². The molecule has 0 aliphatic carbocycles. The van der Waals surface area contributed by atoms with Crippen LogP contribution in [0.1, 0.15) is 55.6 Å². The first kappa shape index (κ1) is 20.5. The first-order chi connectivity index (χ1) is 14.5. The second-order valence-corrected chi connectivity index (χ2v) is 8.31. The standard InChI is InChI=1S/C25H31N3O2/c1-18-12-13-24(19(2)17-18)30-16-7-6-14-28-22-10-5-4-9-21(22)26-25(28)23-11-8-15-27(23)20(3)29/h4-5,9-10,12-13,17,23H,6-8,11,14-16H2,1-3H3/t23-/m1/s1. The fourth-order valence-corrected chi connectivity index (χ4v) is 4.51. The summed E-state index contributed by atoms with van der Waals surface area (Å²) in [5.41, 5.74) is 4.60. The summed E-state index contributed by atoms with van der Waals surface area (Å²) in [5, 5.41) is 0. The van der Waals surface area contributed by atoms with Gasteiger partial charge in [0.05, 0.1) is 23.7 Å². The van der Waals surface area contributed by atoms with Crippen molar-refractivity contribution in [2.75, 3.05) is 13.2 Å². The van der Waals surface area contributed by atoms with Crippen LogP contribution >= 0.6 is 0 Å². The lowest BCUT2D eigenvalue weighted by molar-refractivity contribution is -0.129. The van der Waals surface area contributed by atoms with Crippen LogP contribution in [0.15, 0.2) is 42.5 Å². The molecule has 1 amide bonds. The summed E-state index contributed by atoms with van der Waals surface area (Å²) in [5.74, 6) is 2.13. The van der Waals surface area contributed by atoms with Crippen LogP contribution in [0, 0.1) is 13.8 Å². The topological polar surface area (TPSA) is 47.4 Å². The van der Waals surface area contributed by atoms with Crippen LogP contribution in [0.4, 0.5) is 0 Å². The molecule has 0 unspecified atom stereocenters. The Balaban J connectivity index is 1.45. The van der Waals surface area contributed by atoms with E-state index >= 15 is 0 Å². The van der Waals surface area contributed by atoms with Gasteiger partial charge in [0.15, 0.2) is 0 Å². The fraction of sp³-hybridized carbons (Fsp3) is 0.440. The van der Waals surface area contributed by atoms with Gasteiger partial charge in [-0.2, -0.15) is 0 Å². The zero-order valence-electron chi connectivity index (χ0n) is 18.2. The number of fused-ring (bicyclic) bond motifs is 1. The van der Waals surface area contributed by atoms with Gasteiger partial charge in [-0.1, -0.05) is 29.8 Å². The molecule has 0 bridgehead atoms. The third-order valence-electron chi connectivity index (χ3n) is 6.00. The van der Waals surface area contributed by atoms with Gasteiger partial charge < -0.3 is 14.2 Å². The molecular formula is C25H31N3O2. The summed E-state index contributed by atoms with van der Waals surface area (Å²) in [4.78, 5) is 19.0. The average Bonchev–Trinajstić information content (AvgIpc) is 3.34. The number of ether oxygens (including phenoxy) is 1. The molecule has 2 heterocycles. The molecule has 5 heteroatoms. The summed E-state index contributed by atoms with van der Waals surface area (Å²) in [7, 11) is 0. The second-order valence-electron chi connectivity index (χ2n) is 8.31. The average molecular weight is 406 g/mol. The molecular weight excluding hydrogens is 374 g/mol. The highest BCUT2D eigenvalue weighted by atomic mass is 16.5. The number of rotatable bonds is 7. The van der Waals surface area contributed by atoms with Gasteiger partial charge in [-0.05, 0) is 63.3 Å². The first-order valence-electron chi connectivity index (χ1n) is 11.0. The zero-order chi connectivity index (χ0) is 21.1. The molecule has 4 rings (SSSR count). The van der Waals surface area contributed by atoms with Crippen LogP contribution in [0.5, 0.6) is 5.75 Å². The molecule has 1 aliphatic rings. The highest BCUT2D eigenvalue weighted by molar-refractivity contribution is 5.77. The minimum Gasteiger partial charge on any atom is -0.493 e. The number of aryl methyl sites for hydroxylation is 3. The lowest BCUT2D eigenvalue weighted by Crippen LogP contribution is -2.30. The Bertz CT molecular complexity index is 1040. The predicted molar refractivity (Wildman–Crippen MR) is 120 cm³/mol. The maximum atomic E-state index is 12.1. The molecule has 5 nitrogen and oxygen atoms in total. The van der Waals surface area contributed by atoms with Gasteiger partial charge in [-0.15, -0.1) is 0 Å². The Morgan fingerprint density at radius 2 is 2.00 bits per heavy atom. The molecule has 3 aromatic rings. The molecule has 0 N–H and O–H groups in total. The summed E-state index contributed by atoms with van der Waals surface area (Å²) in [6.07, 6.45) is 4.00. The van der Waals surface area contributed by atoms with Crippen molar-refractivity contribution in [2.24, 2.45) is 0 Å². The number of nitrogens with zero attached hydrogens (tertiary/aromatic N) is 3. The van der Waals surface area contributed by atoms with Crippen molar-refractivity contribution < 1.29 is 9.53 Å². The van der Waals surface area contributed by atoms with Crippen molar-refractivity contribution in [3.05, 3.63) is 59.4 Å². The number of hydrogen-bond acceptors (Lipinski definition) is 3. The smallest absolute Gasteiger partial charge is 0.220 e. The van der Waals surface area contributed by atoms with Crippen molar-refractivity contribution >= 4 is 16.9 Å². The van der Waals surface area contributed by atoms with Gasteiger partial charge in [0.2, 0.25) is 5.91 Å². The molecule has 1 aliphatic heterocycles. The molecule has 158 valence electrons. The maximum absolute atomic E-state index is 12.1. The molecule has 1 fully saturated rings. The minimum absolute atomic E-state index is 0.0846. The molecule has 1 aromatic heterocycles. The van der Waals surface area contributed by atoms with Crippen LogP contribution in [-0.2, 0) is 11.3 Å². The van der Waals surface area contributed by atoms with E-state index in [1.165, 1.54) is 11.1 Å². The first-order valence-corrected chi connectivity index (χ1v) is 11.0. The van der Waals surface area contributed by atoms with E-state index in [0.29, 0.717) is 6.61 Å². The van der Waals surface area contributed by atoms with Crippen molar-refractivity contribution in [3.63, 3.8) is 0 Å². The molecule has 1 saturated heterocycles. The number of benzene rings is 2. The van der Waals surface area contributed by atoms with E-state index < -0.39 is 0 Å². The highest BCUT2D eigenvalue weighted by Crippen LogP contribution is 2.33. The Kier molecular flexibility index (Phi) is 6.07. The molecule has 0 spiro atoms. The fourth-order valence-electron chi connectivity index (χ4n) is 4.51. The third-order valence-corrected chi connectivity index (χ3v) is 6.00. The number of unbranched alkanes of at least 4 members (excludes halogenated alkanes) is 1. The van der Waals surface area contributed by atoms with E-state index in [1.807, 2.05) is 11.0 Å². The number of hydrogen-bond donors (Lipinski definition) is 0. The molecule has 1 atom stereocenters. The highest BCUT2D eigenvalue weighted by Gasteiger charge is 2.31. The monoisotopic (exact) mass is 405 g/mol. The van der Waals surface area contributed by atoms with Gasteiger partial charge in [-0.3, -0.25) is 4.79 Å². The summed E-state index contributed by atoms with van der Waals surface area (Å²) >= 11 is 0. The third kappa shape index (κ3) is 4.20. The maximum Gasteiger partial charge on any atom is 0.220 e. The van der Waals surface area contributed by atoms with Crippen molar-refractivity contribution in [1.82, 2.24) is 14.5 Å². The second kappa shape index (κ2) is 8.90. The largest absolute Gasteiger partial charge is 0.493 e. The molecule has 0 saturated carbocycles. The van der Waals surface area contributed by atoms with Crippen LogP contribution in [0.3, 0.4) is 0 Å². The van der Waals surface area contributed by atoms with E-state index in [2.05, 4.69) is 54.8 Å². The number of amides is 1. The molecule has 0 radical (unpaired) electrons.